The van der Waals surface area contributed by atoms with Crippen LogP contribution in [-0.2, 0) is 0 Å². The molecule has 0 radical (unpaired) electrons. The third-order valence-corrected chi connectivity index (χ3v) is 3.11. The molecule has 1 aromatic carbocycles. The number of anilines is 2. The van der Waals surface area contributed by atoms with Crippen LogP contribution in [0.2, 0.25) is 0 Å². The number of nitrogens with zero attached hydrogens (tertiary/aromatic N) is 4. The van der Waals surface area contributed by atoms with Gasteiger partial charge < -0.3 is 9.47 Å². The number of hydrogen-bond acceptors (Lipinski definition) is 4. The van der Waals surface area contributed by atoms with E-state index < -0.39 is 0 Å². The highest BCUT2D eigenvalue weighted by Crippen LogP contribution is 2.22. The lowest BCUT2D eigenvalue weighted by molar-refractivity contribution is 0.574. The second-order valence-electron chi connectivity index (χ2n) is 4.74. The smallest absolute Gasteiger partial charge is 0.294 e. The van der Waals surface area contributed by atoms with E-state index in [9.17, 15) is 4.79 Å². The monoisotopic (exact) mass is 268 g/mol. The Balaban J connectivity index is 2.55. The number of hydrogen-bond donors (Lipinski definition) is 0. The molecule has 2 rings (SSSR count). The van der Waals surface area contributed by atoms with E-state index in [0.29, 0.717) is 17.1 Å². The van der Waals surface area contributed by atoms with Gasteiger partial charge in [0.2, 0.25) is 0 Å². The normalized spacial score (nSPS) is 10.3. The fourth-order valence-electron chi connectivity index (χ4n) is 2.03. The first-order valence-electron chi connectivity index (χ1n) is 6.36. The third kappa shape index (κ3) is 2.41. The van der Waals surface area contributed by atoms with Crippen molar-refractivity contribution in [2.75, 3.05) is 11.9 Å². The molecule has 20 heavy (non-hydrogen) atoms. The van der Waals surface area contributed by atoms with Gasteiger partial charge in [0.25, 0.3) is 5.56 Å². The summed E-state index contributed by atoms with van der Waals surface area (Å²) in [6.45, 7) is 3.88. The van der Waals surface area contributed by atoms with Crippen molar-refractivity contribution in [2.45, 2.75) is 19.9 Å². The third-order valence-electron chi connectivity index (χ3n) is 3.11. The average molecular weight is 268 g/mol. The molecule has 1 heterocycles. The van der Waals surface area contributed by atoms with Crippen molar-refractivity contribution >= 4 is 11.5 Å². The standard InChI is InChI=1S/C15H16N4O/c1-11(2)19-9-8-17-14(15(19)20)18(3)13-7-5-4-6-12(13)10-16/h4-9,11H,1-3H3. The Bertz CT molecular complexity index is 712. The Morgan fingerprint density at radius 3 is 2.70 bits per heavy atom. The number of aromatic nitrogens is 2. The van der Waals surface area contributed by atoms with Crippen LogP contribution in [0.1, 0.15) is 25.5 Å². The molecule has 0 saturated carbocycles. The lowest BCUT2D eigenvalue weighted by Crippen LogP contribution is -2.29. The minimum Gasteiger partial charge on any atom is -0.324 e. The second kappa shape index (κ2) is 5.57. The molecule has 0 unspecified atom stereocenters. The highest BCUT2D eigenvalue weighted by atomic mass is 16.1. The van der Waals surface area contributed by atoms with Gasteiger partial charge in [0.1, 0.15) is 6.07 Å². The fraction of sp³-hybridized carbons (Fsp3) is 0.267. The summed E-state index contributed by atoms with van der Waals surface area (Å²) in [4.78, 5) is 18.2. The van der Waals surface area contributed by atoms with Gasteiger partial charge in [-0.15, -0.1) is 0 Å². The zero-order valence-corrected chi connectivity index (χ0v) is 11.7. The van der Waals surface area contributed by atoms with E-state index in [0.717, 1.165) is 0 Å². The summed E-state index contributed by atoms with van der Waals surface area (Å²) in [7, 11) is 1.74. The maximum absolute atomic E-state index is 12.4. The molecule has 102 valence electrons. The number of rotatable bonds is 3. The molecular weight excluding hydrogens is 252 g/mol. The van der Waals surface area contributed by atoms with Gasteiger partial charge in [0.05, 0.1) is 11.3 Å². The van der Waals surface area contributed by atoms with Crippen LogP contribution in [0.3, 0.4) is 0 Å². The summed E-state index contributed by atoms with van der Waals surface area (Å²) in [5.74, 6) is 0.309. The van der Waals surface area contributed by atoms with Crippen LogP contribution >= 0.6 is 0 Å². The molecule has 2 aromatic rings. The molecule has 0 amide bonds. The molecular formula is C15H16N4O. The molecule has 0 spiro atoms. The molecule has 5 nitrogen and oxygen atoms in total. The predicted molar refractivity (Wildman–Crippen MR) is 78.1 cm³/mol. The maximum atomic E-state index is 12.4. The Morgan fingerprint density at radius 2 is 2.05 bits per heavy atom. The predicted octanol–water partition coefficient (Wildman–Crippen LogP) is 2.46. The van der Waals surface area contributed by atoms with Gasteiger partial charge >= 0.3 is 0 Å². The molecule has 0 aliphatic heterocycles. The van der Waals surface area contributed by atoms with Crippen molar-refractivity contribution in [2.24, 2.45) is 0 Å². The van der Waals surface area contributed by atoms with Gasteiger partial charge in [-0.1, -0.05) is 12.1 Å². The van der Waals surface area contributed by atoms with Crippen molar-refractivity contribution in [1.29, 1.82) is 5.26 Å². The first kappa shape index (κ1) is 13.8. The van der Waals surface area contributed by atoms with Crippen LogP contribution in [0.5, 0.6) is 0 Å². The molecule has 0 saturated heterocycles. The highest BCUT2D eigenvalue weighted by molar-refractivity contribution is 5.66. The van der Waals surface area contributed by atoms with Crippen LogP contribution in [-0.4, -0.2) is 16.6 Å². The minimum absolute atomic E-state index is 0.0591. The molecule has 0 fully saturated rings. The Hall–Kier alpha value is -2.61. The summed E-state index contributed by atoms with van der Waals surface area (Å²) in [5, 5.41) is 9.15. The summed E-state index contributed by atoms with van der Waals surface area (Å²) in [5.41, 5.74) is 1.01. The van der Waals surface area contributed by atoms with E-state index in [-0.39, 0.29) is 11.6 Å². The zero-order valence-electron chi connectivity index (χ0n) is 11.7. The molecule has 0 aliphatic carbocycles. The lowest BCUT2D eigenvalue weighted by atomic mass is 10.2. The molecule has 5 heteroatoms. The molecule has 0 N–H and O–H groups in total. The van der Waals surface area contributed by atoms with Crippen molar-refractivity contribution in [1.82, 2.24) is 9.55 Å². The van der Waals surface area contributed by atoms with Gasteiger partial charge in [-0.25, -0.2) is 4.98 Å². The van der Waals surface area contributed by atoms with Gasteiger partial charge in [0, 0.05) is 25.5 Å². The van der Waals surface area contributed by atoms with E-state index in [2.05, 4.69) is 11.1 Å². The van der Waals surface area contributed by atoms with E-state index in [1.165, 1.54) is 0 Å². The van der Waals surface area contributed by atoms with Gasteiger partial charge in [-0.05, 0) is 26.0 Å². The zero-order chi connectivity index (χ0) is 14.7. The fourth-order valence-corrected chi connectivity index (χ4v) is 2.03. The van der Waals surface area contributed by atoms with Crippen molar-refractivity contribution in [3.8, 4) is 6.07 Å². The van der Waals surface area contributed by atoms with E-state index in [1.54, 1.807) is 47.1 Å². The van der Waals surface area contributed by atoms with Crippen molar-refractivity contribution in [3.63, 3.8) is 0 Å². The number of nitriles is 1. The van der Waals surface area contributed by atoms with Gasteiger partial charge in [-0.2, -0.15) is 5.26 Å². The van der Waals surface area contributed by atoms with E-state index >= 15 is 0 Å². The van der Waals surface area contributed by atoms with Crippen molar-refractivity contribution < 1.29 is 0 Å². The summed E-state index contributed by atoms with van der Waals surface area (Å²) < 4.78 is 1.62. The van der Waals surface area contributed by atoms with E-state index in [4.69, 9.17) is 5.26 Å². The highest BCUT2D eigenvalue weighted by Gasteiger charge is 2.15. The maximum Gasteiger partial charge on any atom is 0.294 e. The topological polar surface area (TPSA) is 61.9 Å². The summed E-state index contributed by atoms with van der Waals surface area (Å²) >= 11 is 0. The van der Waals surface area contributed by atoms with Gasteiger partial charge in [-0.3, -0.25) is 4.79 Å². The number of benzene rings is 1. The second-order valence-corrected chi connectivity index (χ2v) is 4.74. The van der Waals surface area contributed by atoms with Crippen LogP contribution in [0, 0.1) is 11.3 Å². The van der Waals surface area contributed by atoms with Gasteiger partial charge in [0.15, 0.2) is 5.82 Å². The SMILES string of the molecule is CC(C)n1ccnc(N(C)c2ccccc2C#N)c1=O. The van der Waals surface area contributed by atoms with Crippen LogP contribution in [0.25, 0.3) is 0 Å². The quantitative estimate of drug-likeness (QED) is 0.858. The molecule has 1 aromatic heterocycles. The largest absolute Gasteiger partial charge is 0.324 e. The molecule has 0 bridgehead atoms. The molecule has 0 aliphatic rings. The average Bonchev–Trinajstić information content (AvgIpc) is 2.46. The Labute approximate surface area is 117 Å². The molecule has 0 atom stereocenters. The first-order chi connectivity index (χ1) is 9.56. The van der Waals surface area contributed by atoms with Crippen LogP contribution in [0.15, 0.2) is 41.5 Å². The van der Waals surface area contributed by atoms with E-state index in [1.807, 2.05) is 19.9 Å². The van der Waals surface area contributed by atoms with Crippen LogP contribution < -0.4 is 10.5 Å². The van der Waals surface area contributed by atoms with Crippen molar-refractivity contribution in [3.05, 3.63) is 52.6 Å². The summed E-state index contributed by atoms with van der Waals surface area (Å²) in [6, 6.07) is 9.32. The Kier molecular flexibility index (Phi) is 3.85. The van der Waals surface area contributed by atoms with Crippen LogP contribution in [0.4, 0.5) is 11.5 Å². The lowest BCUT2D eigenvalue weighted by Gasteiger charge is -2.20. The summed E-state index contributed by atoms with van der Waals surface area (Å²) in [6.07, 6.45) is 3.27. The number of para-hydroxylation sites is 1. The minimum atomic E-state index is -0.169. The Morgan fingerprint density at radius 1 is 1.35 bits per heavy atom. The first-order valence-corrected chi connectivity index (χ1v) is 6.36.